The molecule has 0 saturated carbocycles. The first-order chi connectivity index (χ1) is 9.93. The van der Waals surface area contributed by atoms with Gasteiger partial charge < -0.3 is 4.74 Å². The lowest BCUT2D eigenvalue weighted by molar-refractivity contribution is -0.274. The van der Waals surface area contributed by atoms with Gasteiger partial charge in [-0.25, -0.2) is 0 Å². The van der Waals surface area contributed by atoms with Crippen LogP contribution in [-0.2, 0) is 0 Å². The summed E-state index contributed by atoms with van der Waals surface area (Å²) in [4.78, 5) is 10.9. The van der Waals surface area contributed by atoms with Gasteiger partial charge in [-0.2, -0.15) is 5.26 Å². The molecule has 6 heteroatoms. The van der Waals surface area contributed by atoms with Crippen molar-refractivity contribution >= 4 is 6.29 Å². The molecule has 0 aliphatic heterocycles. The summed E-state index contributed by atoms with van der Waals surface area (Å²) in [5.41, 5.74) is 1.49. The summed E-state index contributed by atoms with van der Waals surface area (Å²) < 4.78 is 40.4. The molecule has 2 rings (SSSR count). The van der Waals surface area contributed by atoms with Crippen LogP contribution in [0.1, 0.15) is 15.9 Å². The number of carbonyl (C=O) groups is 1. The van der Waals surface area contributed by atoms with Crippen LogP contribution in [-0.4, -0.2) is 12.6 Å². The fourth-order valence-electron chi connectivity index (χ4n) is 1.77. The molecule has 0 amide bonds. The molecule has 0 N–H and O–H groups in total. The highest BCUT2D eigenvalue weighted by Crippen LogP contribution is 2.29. The number of nitriles is 1. The Balaban J connectivity index is 2.38. The van der Waals surface area contributed by atoms with E-state index in [4.69, 9.17) is 5.26 Å². The third kappa shape index (κ3) is 3.60. The van der Waals surface area contributed by atoms with Crippen LogP contribution < -0.4 is 4.74 Å². The zero-order chi connectivity index (χ0) is 15.5. The van der Waals surface area contributed by atoms with Crippen molar-refractivity contribution in [2.75, 3.05) is 0 Å². The van der Waals surface area contributed by atoms with E-state index in [0.717, 1.165) is 6.07 Å². The molecule has 0 atom stereocenters. The Morgan fingerprint density at radius 3 is 2.19 bits per heavy atom. The van der Waals surface area contributed by atoms with Gasteiger partial charge in [-0.05, 0) is 35.4 Å². The van der Waals surface area contributed by atoms with E-state index in [0.29, 0.717) is 23.0 Å². The summed E-state index contributed by atoms with van der Waals surface area (Å²) in [6.45, 7) is 0. The predicted molar refractivity (Wildman–Crippen MR) is 68.7 cm³/mol. The lowest BCUT2D eigenvalue weighted by Gasteiger charge is -2.12. The Kier molecular flexibility index (Phi) is 3.94. The molecular weight excluding hydrogens is 283 g/mol. The first-order valence-electron chi connectivity index (χ1n) is 5.78. The molecular formula is C15H8F3NO2. The lowest BCUT2D eigenvalue weighted by atomic mass is 10.0. The second-order valence-corrected chi connectivity index (χ2v) is 4.11. The highest BCUT2D eigenvalue weighted by Gasteiger charge is 2.32. The van der Waals surface area contributed by atoms with Crippen LogP contribution in [0.15, 0.2) is 42.5 Å². The number of aldehydes is 1. The molecule has 0 spiro atoms. The third-order valence-electron chi connectivity index (χ3n) is 2.71. The van der Waals surface area contributed by atoms with Gasteiger partial charge in [0.1, 0.15) is 5.75 Å². The zero-order valence-electron chi connectivity index (χ0n) is 10.5. The van der Waals surface area contributed by atoms with Gasteiger partial charge >= 0.3 is 6.36 Å². The van der Waals surface area contributed by atoms with Crippen LogP contribution in [0.2, 0.25) is 0 Å². The maximum absolute atomic E-state index is 12.2. The molecule has 2 aromatic carbocycles. The van der Waals surface area contributed by atoms with Crippen molar-refractivity contribution in [3.05, 3.63) is 53.6 Å². The van der Waals surface area contributed by atoms with Crippen LogP contribution in [0.5, 0.6) is 5.75 Å². The Morgan fingerprint density at radius 2 is 1.67 bits per heavy atom. The zero-order valence-corrected chi connectivity index (χ0v) is 10.5. The number of alkyl halides is 3. The minimum atomic E-state index is -4.85. The Morgan fingerprint density at radius 1 is 1.05 bits per heavy atom. The molecule has 21 heavy (non-hydrogen) atoms. The van der Waals surface area contributed by atoms with Crippen LogP contribution >= 0.6 is 0 Å². The Bertz CT molecular complexity index is 700. The van der Waals surface area contributed by atoms with E-state index in [9.17, 15) is 18.0 Å². The number of hydrogen-bond donors (Lipinski definition) is 0. The van der Waals surface area contributed by atoms with Crippen molar-refractivity contribution in [2.24, 2.45) is 0 Å². The molecule has 0 bridgehead atoms. The van der Waals surface area contributed by atoms with E-state index in [1.807, 2.05) is 6.07 Å². The molecule has 0 aliphatic rings. The van der Waals surface area contributed by atoms with Gasteiger partial charge in [-0.15, -0.1) is 13.2 Å². The number of benzene rings is 2. The van der Waals surface area contributed by atoms with Gasteiger partial charge in [-0.1, -0.05) is 18.2 Å². The molecule has 0 radical (unpaired) electrons. The average Bonchev–Trinajstić information content (AvgIpc) is 2.46. The molecule has 0 aliphatic carbocycles. The summed E-state index contributed by atoms with van der Waals surface area (Å²) in [7, 11) is 0. The second kappa shape index (κ2) is 5.67. The van der Waals surface area contributed by atoms with E-state index < -0.39 is 12.1 Å². The summed E-state index contributed by atoms with van der Waals surface area (Å²) in [5, 5.41) is 8.71. The van der Waals surface area contributed by atoms with Gasteiger partial charge in [0.05, 0.1) is 17.2 Å². The summed E-state index contributed by atoms with van der Waals surface area (Å²) in [5.74, 6) is -0.546. The van der Waals surface area contributed by atoms with Crippen LogP contribution in [0.25, 0.3) is 11.1 Å². The van der Waals surface area contributed by atoms with Gasteiger partial charge in [0.2, 0.25) is 0 Å². The first kappa shape index (κ1) is 14.6. The van der Waals surface area contributed by atoms with Gasteiger partial charge in [-0.3, -0.25) is 4.79 Å². The number of rotatable bonds is 3. The van der Waals surface area contributed by atoms with Crippen LogP contribution in [0, 0.1) is 11.3 Å². The predicted octanol–water partition coefficient (Wildman–Crippen LogP) is 3.94. The van der Waals surface area contributed by atoms with Crippen molar-refractivity contribution in [1.82, 2.24) is 0 Å². The Labute approximate surface area is 118 Å². The van der Waals surface area contributed by atoms with E-state index in [1.54, 1.807) is 24.3 Å². The fraction of sp³-hybridized carbons (Fsp3) is 0.0667. The highest BCUT2D eigenvalue weighted by atomic mass is 19.4. The summed E-state index contributed by atoms with van der Waals surface area (Å²) >= 11 is 0. The Hall–Kier alpha value is -2.81. The standard InChI is InChI=1S/C15H8F3NO2/c16-15(17,18)21-14-6-5-12(7-13(14)9-20)11-3-1-10(8-19)2-4-11/h1-7,9H. The summed E-state index contributed by atoms with van der Waals surface area (Å²) in [6.07, 6.45) is -4.55. The molecule has 2 aromatic rings. The van der Waals surface area contributed by atoms with Crippen molar-refractivity contribution in [2.45, 2.75) is 6.36 Å². The molecule has 0 fully saturated rings. The van der Waals surface area contributed by atoms with Gasteiger partial charge in [0, 0.05) is 0 Å². The van der Waals surface area contributed by atoms with Crippen molar-refractivity contribution in [3.8, 4) is 22.9 Å². The van der Waals surface area contributed by atoms with E-state index >= 15 is 0 Å². The number of halogens is 3. The second-order valence-electron chi connectivity index (χ2n) is 4.11. The maximum Gasteiger partial charge on any atom is 0.573 e. The van der Waals surface area contributed by atoms with Crippen molar-refractivity contribution < 1.29 is 22.7 Å². The quantitative estimate of drug-likeness (QED) is 0.805. The van der Waals surface area contributed by atoms with Gasteiger partial charge in [0.15, 0.2) is 6.29 Å². The average molecular weight is 291 g/mol. The van der Waals surface area contributed by atoms with Crippen molar-refractivity contribution in [1.29, 1.82) is 5.26 Å². The number of ether oxygens (including phenoxy) is 1. The molecule has 0 saturated heterocycles. The molecule has 106 valence electrons. The lowest BCUT2D eigenvalue weighted by Crippen LogP contribution is -2.18. The SMILES string of the molecule is N#Cc1ccc(-c2ccc(OC(F)(F)F)c(C=O)c2)cc1. The normalized spacial score (nSPS) is 10.8. The molecule has 0 unspecified atom stereocenters. The van der Waals surface area contributed by atoms with E-state index in [1.165, 1.54) is 12.1 Å². The van der Waals surface area contributed by atoms with Crippen LogP contribution in [0.4, 0.5) is 13.2 Å². The topological polar surface area (TPSA) is 50.1 Å². The molecule has 3 nitrogen and oxygen atoms in total. The van der Waals surface area contributed by atoms with Gasteiger partial charge in [0.25, 0.3) is 0 Å². The highest BCUT2D eigenvalue weighted by molar-refractivity contribution is 5.83. The molecule has 0 aromatic heterocycles. The maximum atomic E-state index is 12.2. The van der Waals surface area contributed by atoms with E-state index in [2.05, 4.69) is 4.74 Å². The molecule has 0 heterocycles. The van der Waals surface area contributed by atoms with E-state index in [-0.39, 0.29) is 5.56 Å². The summed E-state index contributed by atoms with van der Waals surface area (Å²) in [6, 6.07) is 12.2. The monoisotopic (exact) mass is 291 g/mol. The third-order valence-corrected chi connectivity index (χ3v) is 2.71. The largest absolute Gasteiger partial charge is 0.573 e. The minimum Gasteiger partial charge on any atom is -0.405 e. The smallest absolute Gasteiger partial charge is 0.405 e. The number of carbonyl (C=O) groups excluding carboxylic acids is 1. The minimum absolute atomic E-state index is 0.200. The van der Waals surface area contributed by atoms with Crippen molar-refractivity contribution in [3.63, 3.8) is 0 Å². The fourth-order valence-corrected chi connectivity index (χ4v) is 1.77. The number of hydrogen-bond acceptors (Lipinski definition) is 3. The van der Waals surface area contributed by atoms with Crippen LogP contribution in [0.3, 0.4) is 0 Å². The number of nitrogens with zero attached hydrogens (tertiary/aromatic N) is 1. The first-order valence-corrected chi connectivity index (χ1v) is 5.78.